The van der Waals surface area contributed by atoms with Crippen molar-refractivity contribution >= 4 is 11.6 Å². The molecule has 2 heterocycles. The first-order chi connectivity index (χ1) is 8.28. The predicted molar refractivity (Wildman–Crippen MR) is 63.2 cm³/mol. The third-order valence-electron chi connectivity index (χ3n) is 2.35. The number of hydrogen-bond acceptors (Lipinski definition) is 7. The molecule has 1 aromatic heterocycles. The average molecular weight is 239 g/mol. The number of aromatic nitrogens is 2. The molecule has 1 fully saturated rings. The lowest BCUT2D eigenvalue weighted by Gasteiger charge is -2.27. The maximum atomic E-state index is 5.70. The Kier molecular flexibility index (Phi) is 4.08. The molecular formula is C10H17N5O2. The molecule has 0 unspecified atom stereocenters. The van der Waals surface area contributed by atoms with Crippen LogP contribution in [0.15, 0.2) is 6.07 Å². The molecule has 0 atom stereocenters. The highest BCUT2D eigenvalue weighted by atomic mass is 16.5. The fourth-order valence-electron chi connectivity index (χ4n) is 1.61. The number of hydrogen-bond donors (Lipinski definition) is 2. The third-order valence-corrected chi connectivity index (χ3v) is 2.35. The van der Waals surface area contributed by atoms with Gasteiger partial charge in [0.15, 0.2) is 5.82 Å². The smallest absolute Gasteiger partial charge is 0.158 e. The zero-order valence-corrected chi connectivity index (χ0v) is 9.85. The number of anilines is 2. The summed E-state index contributed by atoms with van der Waals surface area (Å²) < 4.78 is 10.3. The van der Waals surface area contributed by atoms with Crippen molar-refractivity contribution in [2.75, 3.05) is 44.6 Å². The van der Waals surface area contributed by atoms with E-state index in [1.165, 1.54) is 0 Å². The molecule has 3 N–H and O–H groups in total. The molecular weight excluding hydrogens is 222 g/mol. The van der Waals surface area contributed by atoms with Gasteiger partial charge in [-0.2, -0.15) is 0 Å². The Morgan fingerprint density at radius 3 is 2.94 bits per heavy atom. The fourth-order valence-corrected chi connectivity index (χ4v) is 1.61. The summed E-state index contributed by atoms with van der Waals surface area (Å²) in [7, 11) is 1.60. The molecule has 0 spiro atoms. The van der Waals surface area contributed by atoms with Gasteiger partial charge >= 0.3 is 0 Å². The average Bonchev–Trinajstić information content (AvgIpc) is 2.30. The molecule has 0 aliphatic carbocycles. The first kappa shape index (κ1) is 12.0. The van der Waals surface area contributed by atoms with Crippen LogP contribution in [0.1, 0.15) is 5.82 Å². The van der Waals surface area contributed by atoms with Gasteiger partial charge in [0.05, 0.1) is 13.2 Å². The van der Waals surface area contributed by atoms with Crippen molar-refractivity contribution < 1.29 is 9.47 Å². The number of hydrazine groups is 1. The Bertz CT molecular complexity index is 368. The largest absolute Gasteiger partial charge is 0.384 e. The Morgan fingerprint density at radius 2 is 2.24 bits per heavy atom. The maximum Gasteiger partial charge on any atom is 0.158 e. The zero-order valence-electron chi connectivity index (χ0n) is 9.85. The molecule has 1 saturated heterocycles. The minimum absolute atomic E-state index is 0.350. The van der Waals surface area contributed by atoms with Crippen molar-refractivity contribution in [1.29, 1.82) is 0 Å². The normalized spacial score (nSPS) is 17.0. The van der Waals surface area contributed by atoms with Crippen LogP contribution >= 0.6 is 0 Å². The molecule has 1 aliphatic rings. The summed E-state index contributed by atoms with van der Waals surface area (Å²) in [5, 5.41) is 2.04. The van der Waals surface area contributed by atoms with E-state index in [9.17, 15) is 0 Å². The second-order valence-electron chi connectivity index (χ2n) is 3.74. The molecule has 1 aliphatic heterocycles. The van der Waals surface area contributed by atoms with Gasteiger partial charge in [0.1, 0.15) is 18.2 Å². The van der Waals surface area contributed by atoms with E-state index in [4.69, 9.17) is 15.2 Å². The topological polar surface area (TPSA) is 85.5 Å². The minimum atomic E-state index is 0.350. The maximum absolute atomic E-state index is 5.70. The second kappa shape index (κ2) is 5.76. The molecule has 7 heteroatoms. The summed E-state index contributed by atoms with van der Waals surface area (Å²) in [6, 6.07) is 1.70. The molecule has 7 nitrogen and oxygen atoms in total. The van der Waals surface area contributed by atoms with Crippen LogP contribution in [0, 0.1) is 0 Å². The van der Waals surface area contributed by atoms with Crippen LogP contribution in [0.25, 0.3) is 0 Å². The first-order valence-corrected chi connectivity index (χ1v) is 5.49. The predicted octanol–water partition coefficient (Wildman–Crippen LogP) is -0.136. The number of nitrogens with zero attached hydrogens (tertiary/aromatic N) is 3. The highest BCUT2D eigenvalue weighted by Gasteiger charge is 2.11. The van der Waals surface area contributed by atoms with Crippen molar-refractivity contribution in [3.8, 4) is 0 Å². The van der Waals surface area contributed by atoms with Crippen LogP contribution in [0.5, 0.6) is 0 Å². The lowest BCUT2D eigenvalue weighted by molar-refractivity contribution is 0.0494. The summed E-state index contributed by atoms with van der Waals surface area (Å²) in [5.41, 5.74) is 8.89. The van der Waals surface area contributed by atoms with Gasteiger partial charge in [0.25, 0.3) is 0 Å². The van der Waals surface area contributed by atoms with E-state index in [-0.39, 0.29) is 0 Å². The monoisotopic (exact) mass is 239 g/mol. The Balaban J connectivity index is 2.03. The molecule has 0 radical (unpaired) electrons. The van der Waals surface area contributed by atoms with Crippen molar-refractivity contribution in [3.05, 3.63) is 11.9 Å². The molecule has 0 aromatic carbocycles. The first-order valence-electron chi connectivity index (χ1n) is 5.49. The molecule has 2 rings (SSSR count). The van der Waals surface area contributed by atoms with Gasteiger partial charge in [-0.15, -0.1) is 0 Å². The van der Waals surface area contributed by atoms with Crippen molar-refractivity contribution in [2.45, 2.75) is 6.61 Å². The van der Waals surface area contributed by atoms with E-state index in [1.807, 2.05) is 5.01 Å². The summed E-state index contributed by atoms with van der Waals surface area (Å²) in [4.78, 5) is 8.38. The van der Waals surface area contributed by atoms with Crippen LogP contribution in [0.2, 0.25) is 0 Å². The Hall–Kier alpha value is -1.44. The van der Waals surface area contributed by atoms with E-state index in [2.05, 4.69) is 15.4 Å². The van der Waals surface area contributed by atoms with Gasteiger partial charge in [0, 0.05) is 26.3 Å². The number of ether oxygens (including phenoxy) is 2. The van der Waals surface area contributed by atoms with Crippen molar-refractivity contribution in [2.24, 2.45) is 0 Å². The molecule has 1 aromatic rings. The number of methoxy groups -OCH3 is 1. The Morgan fingerprint density at radius 1 is 1.47 bits per heavy atom. The van der Waals surface area contributed by atoms with Crippen LogP contribution in [-0.4, -0.2) is 48.4 Å². The van der Waals surface area contributed by atoms with E-state index in [0.717, 1.165) is 26.3 Å². The van der Waals surface area contributed by atoms with Gasteiger partial charge in [-0.05, 0) is 0 Å². The van der Waals surface area contributed by atoms with E-state index in [1.54, 1.807) is 13.2 Å². The van der Waals surface area contributed by atoms with Gasteiger partial charge < -0.3 is 20.6 Å². The lowest BCUT2D eigenvalue weighted by Crippen LogP contribution is -2.40. The van der Waals surface area contributed by atoms with Crippen molar-refractivity contribution in [1.82, 2.24) is 15.0 Å². The van der Waals surface area contributed by atoms with Crippen LogP contribution < -0.4 is 11.2 Å². The summed E-state index contributed by atoms with van der Waals surface area (Å²) >= 11 is 0. The number of rotatable bonds is 4. The quantitative estimate of drug-likeness (QED) is 0.756. The van der Waals surface area contributed by atoms with Gasteiger partial charge in [-0.25, -0.2) is 15.0 Å². The van der Waals surface area contributed by atoms with Crippen LogP contribution in [-0.2, 0) is 16.1 Å². The Labute approximate surface area is 99.9 Å². The SMILES string of the molecule is COCc1nc(N)cc(NN2CCOCC2)n1. The molecule has 0 amide bonds. The number of nitrogens with one attached hydrogen (secondary N) is 1. The minimum Gasteiger partial charge on any atom is -0.384 e. The highest BCUT2D eigenvalue weighted by Crippen LogP contribution is 2.10. The summed E-state index contributed by atoms with van der Waals surface area (Å²) in [6.07, 6.45) is 0. The molecule has 94 valence electrons. The number of nitrogens with two attached hydrogens (primary N) is 1. The van der Waals surface area contributed by atoms with Gasteiger partial charge in [0.2, 0.25) is 0 Å². The number of morpholine rings is 1. The van der Waals surface area contributed by atoms with Crippen LogP contribution in [0.3, 0.4) is 0 Å². The molecule has 0 saturated carbocycles. The standard InChI is InChI=1S/C10H17N5O2/c1-16-7-10-12-8(11)6-9(13-10)14-15-2-4-17-5-3-15/h6H,2-5,7H2,1H3,(H3,11,12,13,14). The van der Waals surface area contributed by atoms with Gasteiger partial charge in [-0.1, -0.05) is 0 Å². The van der Waals surface area contributed by atoms with E-state index < -0.39 is 0 Å². The van der Waals surface area contributed by atoms with Crippen molar-refractivity contribution in [3.63, 3.8) is 0 Å². The summed E-state index contributed by atoms with van der Waals surface area (Å²) in [6.45, 7) is 3.44. The van der Waals surface area contributed by atoms with Gasteiger partial charge in [-0.3, -0.25) is 0 Å². The molecule has 0 bridgehead atoms. The highest BCUT2D eigenvalue weighted by molar-refractivity contribution is 5.43. The fraction of sp³-hybridized carbons (Fsp3) is 0.600. The summed E-state index contributed by atoms with van der Waals surface area (Å²) in [5.74, 6) is 1.69. The zero-order chi connectivity index (χ0) is 12.1. The third kappa shape index (κ3) is 3.52. The van der Waals surface area contributed by atoms with E-state index >= 15 is 0 Å². The molecule has 17 heavy (non-hydrogen) atoms. The second-order valence-corrected chi connectivity index (χ2v) is 3.74. The van der Waals surface area contributed by atoms with E-state index in [0.29, 0.717) is 24.1 Å². The van der Waals surface area contributed by atoms with Crippen LogP contribution in [0.4, 0.5) is 11.6 Å². The number of nitrogen functional groups attached to an aromatic ring is 1. The lowest BCUT2D eigenvalue weighted by atomic mass is 10.5.